The molecule has 0 spiro atoms. The molecule has 0 saturated heterocycles. The summed E-state index contributed by atoms with van der Waals surface area (Å²) < 4.78 is 19.6. The van der Waals surface area contributed by atoms with Crippen LogP contribution in [0.15, 0.2) is 0 Å². The standard InChI is InChI=1S/C13H20O8Si2/c1-8(14)18-12(19-9(2)15)22-6-5-7-23-13(20-10(3)16)21-11(4)17/h12-13H,5-7H2,1-4H3. The van der Waals surface area contributed by atoms with Crippen molar-refractivity contribution in [2.24, 2.45) is 0 Å². The van der Waals surface area contributed by atoms with E-state index >= 15 is 0 Å². The molecule has 0 rings (SSSR count). The van der Waals surface area contributed by atoms with Crippen LogP contribution in [0.2, 0.25) is 12.1 Å². The molecule has 0 aromatic rings. The third-order valence-electron chi connectivity index (χ3n) is 2.07. The molecule has 10 heteroatoms. The molecule has 0 amide bonds. The van der Waals surface area contributed by atoms with Gasteiger partial charge in [-0.1, -0.05) is 18.5 Å². The van der Waals surface area contributed by atoms with E-state index in [4.69, 9.17) is 18.9 Å². The molecule has 0 aliphatic carbocycles. The summed E-state index contributed by atoms with van der Waals surface area (Å²) in [4.78, 5) is 43.7. The Labute approximate surface area is 139 Å². The summed E-state index contributed by atoms with van der Waals surface area (Å²) in [5, 5.41) is 0. The van der Waals surface area contributed by atoms with Crippen molar-refractivity contribution in [2.75, 3.05) is 0 Å². The van der Waals surface area contributed by atoms with Gasteiger partial charge in [0.2, 0.25) is 11.8 Å². The maximum Gasteiger partial charge on any atom is 0.305 e. The number of hydrogen-bond acceptors (Lipinski definition) is 8. The Hall–Kier alpha value is -1.69. The monoisotopic (exact) mass is 360 g/mol. The van der Waals surface area contributed by atoms with E-state index in [0.29, 0.717) is 12.1 Å². The lowest BCUT2D eigenvalue weighted by atomic mass is 10.6. The number of rotatable bonds is 10. The van der Waals surface area contributed by atoms with Gasteiger partial charge in [-0.25, -0.2) is 0 Å². The highest BCUT2D eigenvalue weighted by molar-refractivity contribution is 6.39. The molecule has 0 aromatic heterocycles. The normalized spacial score (nSPS) is 10.3. The van der Waals surface area contributed by atoms with Gasteiger partial charge in [0.25, 0.3) is 0 Å². The van der Waals surface area contributed by atoms with Gasteiger partial charge in [-0.3, -0.25) is 19.2 Å². The molecular formula is C13H20O8Si2. The zero-order valence-corrected chi connectivity index (χ0v) is 15.5. The average Bonchev–Trinajstić information content (AvgIpc) is 2.34. The Balaban J connectivity index is 4.09. The van der Waals surface area contributed by atoms with E-state index in [0.717, 1.165) is 6.42 Å². The predicted octanol–water partition coefficient (Wildman–Crippen LogP) is 0.441. The molecule has 0 saturated carbocycles. The van der Waals surface area contributed by atoms with Crippen LogP contribution in [0, 0.1) is 0 Å². The van der Waals surface area contributed by atoms with Crippen molar-refractivity contribution in [2.45, 2.75) is 58.0 Å². The second kappa shape index (κ2) is 11.8. The van der Waals surface area contributed by atoms with E-state index in [9.17, 15) is 19.2 Å². The zero-order chi connectivity index (χ0) is 17.8. The summed E-state index contributed by atoms with van der Waals surface area (Å²) in [6, 6.07) is 1.32. The van der Waals surface area contributed by atoms with E-state index in [1.165, 1.54) is 27.7 Å². The molecule has 0 aliphatic heterocycles. The molecule has 128 valence electrons. The Morgan fingerprint density at radius 2 is 0.913 bits per heavy atom. The first kappa shape index (κ1) is 21.3. The zero-order valence-electron chi connectivity index (χ0n) is 13.5. The third-order valence-corrected chi connectivity index (χ3v) is 4.49. The van der Waals surface area contributed by atoms with E-state index < -0.39 is 35.7 Å². The van der Waals surface area contributed by atoms with Crippen LogP contribution in [0.25, 0.3) is 0 Å². The quantitative estimate of drug-likeness (QED) is 0.239. The van der Waals surface area contributed by atoms with Crippen molar-refractivity contribution < 1.29 is 38.1 Å². The largest absolute Gasteiger partial charge is 0.430 e. The molecule has 0 N–H and O–H groups in total. The van der Waals surface area contributed by atoms with Gasteiger partial charge in [-0.2, -0.15) is 0 Å². The first-order valence-corrected chi connectivity index (χ1v) is 9.43. The van der Waals surface area contributed by atoms with Crippen LogP contribution in [-0.4, -0.2) is 54.7 Å². The average molecular weight is 360 g/mol. The number of carbonyl (C=O) groups excluding carboxylic acids is 4. The van der Waals surface area contributed by atoms with Crippen LogP contribution < -0.4 is 0 Å². The lowest BCUT2D eigenvalue weighted by molar-refractivity contribution is -0.173. The summed E-state index contributed by atoms with van der Waals surface area (Å²) in [5.41, 5.74) is 0. The van der Waals surface area contributed by atoms with Gasteiger partial charge in [-0.05, 0) is 0 Å². The van der Waals surface area contributed by atoms with Gasteiger partial charge >= 0.3 is 23.9 Å². The smallest absolute Gasteiger partial charge is 0.305 e. The molecule has 4 radical (unpaired) electrons. The second-order valence-electron chi connectivity index (χ2n) is 4.36. The van der Waals surface area contributed by atoms with Crippen LogP contribution in [0.5, 0.6) is 0 Å². The topological polar surface area (TPSA) is 105 Å². The van der Waals surface area contributed by atoms with Gasteiger partial charge in [0.1, 0.15) is 0 Å². The summed E-state index contributed by atoms with van der Waals surface area (Å²) in [7, 11) is 0.214. The van der Waals surface area contributed by atoms with Gasteiger partial charge in [0.15, 0.2) is 19.0 Å². The summed E-state index contributed by atoms with van der Waals surface area (Å²) in [6.07, 6.45) is 0.717. The fourth-order valence-electron chi connectivity index (χ4n) is 1.35. The number of ether oxygens (including phenoxy) is 4. The Bertz CT molecular complexity index is 356. The Morgan fingerprint density at radius 1 is 0.652 bits per heavy atom. The Kier molecular flexibility index (Phi) is 11.0. The maximum atomic E-state index is 10.9. The van der Waals surface area contributed by atoms with E-state index in [2.05, 4.69) is 0 Å². The minimum atomic E-state index is -0.869. The molecule has 0 aromatic carbocycles. The molecule has 0 heterocycles. The van der Waals surface area contributed by atoms with Crippen LogP contribution in [0.3, 0.4) is 0 Å². The molecule has 0 aliphatic rings. The Morgan fingerprint density at radius 3 is 1.13 bits per heavy atom. The minimum Gasteiger partial charge on any atom is -0.430 e. The van der Waals surface area contributed by atoms with Gasteiger partial charge in [-0.15, -0.1) is 0 Å². The van der Waals surface area contributed by atoms with Gasteiger partial charge < -0.3 is 18.9 Å². The summed E-state index contributed by atoms with van der Waals surface area (Å²) in [6.45, 7) is 4.96. The van der Waals surface area contributed by atoms with Crippen LogP contribution >= 0.6 is 0 Å². The van der Waals surface area contributed by atoms with E-state index in [1.54, 1.807) is 0 Å². The molecular weight excluding hydrogens is 340 g/mol. The number of hydrogen-bond donors (Lipinski definition) is 0. The number of carbonyl (C=O) groups is 4. The summed E-state index contributed by atoms with van der Waals surface area (Å²) in [5.74, 6) is -3.81. The number of esters is 4. The van der Waals surface area contributed by atoms with Crippen molar-refractivity contribution in [3.63, 3.8) is 0 Å². The molecule has 0 bridgehead atoms. The van der Waals surface area contributed by atoms with Crippen molar-refractivity contribution in [3.8, 4) is 0 Å². The molecule has 8 nitrogen and oxygen atoms in total. The highest BCUT2D eigenvalue weighted by Gasteiger charge is 2.18. The highest BCUT2D eigenvalue weighted by atomic mass is 28.2. The lowest BCUT2D eigenvalue weighted by Gasteiger charge is -2.17. The molecule has 0 fully saturated rings. The van der Waals surface area contributed by atoms with Crippen molar-refractivity contribution in [1.29, 1.82) is 0 Å². The SMILES string of the molecule is CC(=O)OC(OC(C)=O)[Si]CCC[Si]C(OC(C)=O)OC(C)=O. The van der Waals surface area contributed by atoms with Gasteiger partial charge in [0, 0.05) is 27.7 Å². The van der Waals surface area contributed by atoms with Crippen molar-refractivity contribution in [3.05, 3.63) is 0 Å². The minimum absolute atomic E-state index is 0.107. The second-order valence-corrected chi connectivity index (χ2v) is 7.12. The first-order chi connectivity index (χ1) is 10.7. The summed E-state index contributed by atoms with van der Waals surface area (Å²) >= 11 is 0. The van der Waals surface area contributed by atoms with Gasteiger partial charge in [0.05, 0.1) is 0 Å². The van der Waals surface area contributed by atoms with E-state index in [-0.39, 0.29) is 19.0 Å². The lowest BCUT2D eigenvalue weighted by Crippen LogP contribution is -2.29. The fraction of sp³-hybridized carbons (Fsp3) is 0.692. The molecule has 23 heavy (non-hydrogen) atoms. The van der Waals surface area contributed by atoms with Crippen LogP contribution in [0.4, 0.5) is 0 Å². The molecule has 0 unspecified atom stereocenters. The fourth-order valence-corrected chi connectivity index (χ4v) is 3.93. The molecule has 0 atom stereocenters. The van der Waals surface area contributed by atoms with Crippen LogP contribution in [0.1, 0.15) is 34.1 Å². The third kappa shape index (κ3) is 13.7. The van der Waals surface area contributed by atoms with Crippen LogP contribution in [-0.2, 0) is 38.1 Å². The predicted molar refractivity (Wildman–Crippen MR) is 80.4 cm³/mol. The van der Waals surface area contributed by atoms with E-state index in [1.807, 2.05) is 0 Å². The first-order valence-electron chi connectivity index (χ1n) is 6.86. The van der Waals surface area contributed by atoms with Crippen molar-refractivity contribution >= 4 is 42.9 Å². The highest BCUT2D eigenvalue weighted by Crippen LogP contribution is 2.06. The van der Waals surface area contributed by atoms with Crippen molar-refractivity contribution in [1.82, 2.24) is 0 Å². The maximum absolute atomic E-state index is 10.9.